The van der Waals surface area contributed by atoms with Crippen molar-refractivity contribution in [1.29, 1.82) is 0 Å². The van der Waals surface area contributed by atoms with E-state index in [1.165, 1.54) is 10.9 Å². The molecule has 0 saturated carbocycles. The van der Waals surface area contributed by atoms with Crippen LogP contribution in [0, 0.1) is 0 Å². The van der Waals surface area contributed by atoms with Gasteiger partial charge in [-0.3, -0.25) is 0 Å². The average molecular weight is 270 g/mol. The highest BCUT2D eigenvalue weighted by Gasteiger charge is 2.07. The van der Waals surface area contributed by atoms with Crippen LogP contribution in [0.1, 0.15) is 25.8 Å². The molecule has 0 bridgehead atoms. The second-order valence-corrected chi connectivity index (χ2v) is 4.69. The Balaban J connectivity index is 2.26. The third-order valence-electron chi connectivity index (χ3n) is 3.14. The number of pyridine rings is 1. The fourth-order valence-corrected chi connectivity index (χ4v) is 2.10. The van der Waals surface area contributed by atoms with Crippen LogP contribution in [0.25, 0.3) is 10.8 Å². The highest BCUT2D eigenvalue weighted by atomic mass is 16.5. The highest BCUT2D eigenvalue weighted by Crippen LogP contribution is 2.26. The highest BCUT2D eigenvalue weighted by molar-refractivity contribution is 5.89. The first-order valence-corrected chi connectivity index (χ1v) is 7.18. The molecule has 0 spiro atoms. The number of benzene rings is 1. The summed E-state index contributed by atoms with van der Waals surface area (Å²) in [5, 5.41) is 5.71. The summed E-state index contributed by atoms with van der Waals surface area (Å²) in [6.07, 6.45) is 7.00. The molecule has 3 nitrogen and oxygen atoms in total. The van der Waals surface area contributed by atoms with Crippen molar-refractivity contribution in [3.05, 3.63) is 48.2 Å². The molecule has 2 rings (SSSR count). The Morgan fingerprint density at radius 1 is 1.25 bits per heavy atom. The lowest BCUT2D eigenvalue weighted by molar-refractivity contribution is 0.353. The number of hydrogen-bond acceptors (Lipinski definition) is 3. The van der Waals surface area contributed by atoms with E-state index in [1.54, 1.807) is 0 Å². The maximum absolute atomic E-state index is 5.72. The van der Waals surface area contributed by atoms with E-state index in [1.807, 2.05) is 31.3 Å². The van der Waals surface area contributed by atoms with Crippen molar-refractivity contribution >= 4 is 10.8 Å². The topological polar surface area (TPSA) is 34.1 Å². The van der Waals surface area contributed by atoms with E-state index in [0.29, 0.717) is 12.5 Å². The fourth-order valence-electron chi connectivity index (χ4n) is 2.10. The summed E-state index contributed by atoms with van der Waals surface area (Å²) >= 11 is 0. The van der Waals surface area contributed by atoms with Crippen molar-refractivity contribution in [2.75, 3.05) is 13.2 Å². The Hall–Kier alpha value is -1.87. The molecule has 0 atom stereocenters. The van der Waals surface area contributed by atoms with Gasteiger partial charge in [0.2, 0.25) is 5.88 Å². The molecule has 0 fully saturated rings. The predicted molar refractivity (Wildman–Crippen MR) is 84.0 cm³/mol. The number of aromatic nitrogens is 1. The summed E-state index contributed by atoms with van der Waals surface area (Å²) in [4.78, 5) is 4.46. The van der Waals surface area contributed by atoms with Gasteiger partial charge < -0.3 is 10.1 Å². The molecule has 1 aromatic heterocycles. The van der Waals surface area contributed by atoms with E-state index in [4.69, 9.17) is 4.74 Å². The van der Waals surface area contributed by atoms with Crippen LogP contribution < -0.4 is 10.1 Å². The number of nitrogens with zero attached hydrogens (tertiary/aromatic N) is 1. The van der Waals surface area contributed by atoms with Crippen LogP contribution in [-0.2, 0) is 6.54 Å². The summed E-state index contributed by atoms with van der Waals surface area (Å²) in [5.41, 5.74) is 1.22. The Bertz CT molecular complexity index is 578. The van der Waals surface area contributed by atoms with Gasteiger partial charge in [0.25, 0.3) is 0 Å². The predicted octanol–water partition coefficient (Wildman–Crippen LogP) is 3.69. The molecule has 0 radical (unpaired) electrons. The lowest BCUT2D eigenvalue weighted by atomic mass is 10.1. The molecule has 1 heterocycles. The Labute approximate surface area is 120 Å². The second-order valence-electron chi connectivity index (χ2n) is 4.69. The number of ether oxygens (including phenoxy) is 1. The first-order valence-electron chi connectivity index (χ1n) is 7.18. The van der Waals surface area contributed by atoms with Crippen molar-refractivity contribution in [2.24, 2.45) is 0 Å². The van der Waals surface area contributed by atoms with E-state index in [0.717, 1.165) is 24.9 Å². The smallest absolute Gasteiger partial charge is 0.221 e. The van der Waals surface area contributed by atoms with E-state index < -0.39 is 0 Å². The summed E-state index contributed by atoms with van der Waals surface area (Å²) in [5.74, 6) is 0.706. The molecule has 1 N–H and O–H groups in total. The number of allylic oxidation sites excluding steroid dienone is 1. The maximum atomic E-state index is 5.72. The molecular formula is C17H22N2O. The van der Waals surface area contributed by atoms with Gasteiger partial charge in [-0.25, -0.2) is 4.98 Å². The van der Waals surface area contributed by atoms with Crippen molar-refractivity contribution in [2.45, 2.75) is 26.8 Å². The molecule has 0 amide bonds. The van der Waals surface area contributed by atoms with Gasteiger partial charge >= 0.3 is 0 Å². The number of nitrogens with one attached hydrogen (secondary N) is 1. The lowest BCUT2D eigenvalue weighted by Crippen LogP contribution is -2.14. The molecule has 0 aliphatic rings. The molecule has 0 saturated heterocycles. The van der Waals surface area contributed by atoms with Crippen LogP contribution >= 0.6 is 0 Å². The molecular weight excluding hydrogens is 248 g/mol. The van der Waals surface area contributed by atoms with Gasteiger partial charge in [0.15, 0.2) is 0 Å². The van der Waals surface area contributed by atoms with E-state index in [2.05, 4.69) is 35.4 Å². The van der Waals surface area contributed by atoms with Crippen molar-refractivity contribution in [1.82, 2.24) is 10.3 Å². The van der Waals surface area contributed by atoms with Gasteiger partial charge in [0.05, 0.1) is 0 Å². The molecule has 0 aliphatic heterocycles. The molecule has 0 aliphatic carbocycles. The number of fused-ring (bicyclic) bond motifs is 1. The zero-order chi connectivity index (χ0) is 14.2. The minimum Gasteiger partial charge on any atom is -0.473 e. The molecule has 20 heavy (non-hydrogen) atoms. The summed E-state index contributed by atoms with van der Waals surface area (Å²) in [6.45, 7) is 6.57. The normalized spacial score (nSPS) is 11.3. The van der Waals surface area contributed by atoms with E-state index in [9.17, 15) is 0 Å². The quantitative estimate of drug-likeness (QED) is 0.615. The minimum absolute atomic E-state index is 0.556. The van der Waals surface area contributed by atoms with E-state index >= 15 is 0 Å². The minimum atomic E-state index is 0.556. The average Bonchev–Trinajstić information content (AvgIpc) is 2.49. The third-order valence-corrected chi connectivity index (χ3v) is 3.14. The van der Waals surface area contributed by atoms with Crippen LogP contribution in [0.2, 0.25) is 0 Å². The fraction of sp³-hybridized carbons (Fsp3) is 0.353. The largest absolute Gasteiger partial charge is 0.473 e. The van der Waals surface area contributed by atoms with Crippen molar-refractivity contribution in [3.63, 3.8) is 0 Å². The van der Waals surface area contributed by atoms with Crippen molar-refractivity contribution in [3.8, 4) is 5.88 Å². The first kappa shape index (κ1) is 14.5. The third kappa shape index (κ3) is 3.58. The summed E-state index contributed by atoms with van der Waals surface area (Å²) in [7, 11) is 0. The Morgan fingerprint density at radius 2 is 2.05 bits per heavy atom. The van der Waals surface area contributed by atoms with Crippen LogP contribution in [-0.4, -0.2) is 18.1 Å². The van der Waals surface area contributed by atoms with Crippen LogP contribution in [0.4, 0.5) is 0 Å². The maximum Gasteiger partial charge on any atom is 0.221 e. The molecule has 1 aromatic carbocycles. The lowest BCUT2D eigenvalue weighted by Gasteiger charge is -2.11. The van der Waals surface area contributed by atoms with Crippen LogP contribution in [0.5, 0.6) is 5.88 Å². The molecule has 3 heteroatoms. The molecule has 0 unspecified atom stereocenters. The monoisotopic (exact) mass is 270 g/mol. The molecule has 2 aromatic rings. The zero-order valence-corrected chi connectivity index (χ0v) is 12.2. The summed E-state index contributed by atoms with van der Waals surface area (Å²) < 4.78 is 5.72. The SMILES string of the molecule is C/C=C/COc1ncc(CNCCC)c2ccccc12. The van der Waals surface area contributed by atoms with Gasteiger partial charge in [0.1, 0.15) is 6.61 Å². The van der Waals surface area contributed by atoms with Crippen molar-refractivity contribution < 1.29 is 4.74 Å². The summed E-state index contributed by atoms with van der Waals surface area (Å²) in [6, 6.07) is 8.27. The van der Waals surface area contributed by atoms with Gasteiger partial charge in [0, 0.05) is 18.1 Å². The number of hydrogen-bond donors (Lipinski definition) is 1. The first-order chi connectivity index (χ1) is 9.86. The second kappa shape index (κ2) is 7.65. The Morgan fingerprint density at radius 3 is 2.80 bits per heavy atom. The van der Waals surface area contributed by atoms with Gasteiger partial charge in [-0.2, -0.15) is 0 Å². The zero-order valence-electron chi connectivity index (χ0n) is 12.2. The van der Waals surface area contributed by atoms with E-state index in [-0.39, 0.29) is 0 Å². The molecule has 106 valence electrons. The van der Waals surface area contributed by atoms with Crippen LogP contribution in [0.3, 0.4) is 0 Å². The van der Waals surface area contributed by atoms with Gasteiger partial charge in [-0.1, -0.05) is 37.3 Å². The number of rotatable bonds is 7. The Kier molecular flexibility index (Phi) is 5.56. The standard InChI is InChI=1S/C17H22N2O/c1-3-5-11-20-17-16-9-7-6-8-15(16)14(13-19-17)12-18-10-4-2/h3,5-9,13,18H,4,10-12H2,1-2H3/b5-3+. The van der Waals surface area contributed by atoms with Gasteiger partial charge in [-0.05, 0) is 36.9 Å². The van der Waals surface area contributed by atoms with Crippen LogP contribution in [0.15, 0.2) is 42.6 Å². The van der Waals surface area contributed by atoms with Gasteiger partial charge in [-0.15, -0.1) is 0 Å².